The highest BCUT2D eigenvalue weighted by atomic mass is 16.5. The van der Waals surface area contributed by atoms with Gasteiger partial charge in [-0.3, -0.25) is 9.59 Å². The molecule has 0 spiro atoms. The molecule has 1 N–H and O–H groups in total. The molecule has 29 heavy (non-hydrogen) atoms. The summed E-state index contributed by atoms with van der Waals surface area (Å²) in [5.74, 6) is -1.08. The molecule has 1 atom stereocenters. The molecular formula is C23H26N2O4. The van der Waals surface area contributed by atoms with E-state index in [2.05, 4.69) is 5.32 Å². The van der Waals surface area contributed by atoms with Crippen LogP contribution in [0.2, 0.25) is 0 Å². The van der Waals surface area contributed by atoms with Crippen LogP contribution < -0.4 is 10.2 Å². The number of ether oxygens (including phenoxy) is 1. The van der Waals surface area contributed by atoms with Crippen LogP contribution in [-0.4, -0.2) is 30.4 Å². The summed E-state index contributed by atoms with van der Waals surface area (Å²) in [6.45, 7) is 7.87. The number of amides is 2. The van der Waals surface area contributed by atoms with Crippen molar-refractivity contribution in [1.82, 2.24) is 0 Å². The lowest BCUT2D eigenvalue weighted by atomic mass is 10.1. The molecule has 0 bridgehead atoms. The lowest BCUT2D eigenvalue weighted by molar-refractivity contribution is -0.122. The van der Waals surface area contributed by atoms with Gasteiger partial charge in [-0.25, -0.2) is 4.79 Å². The molecule has 1 aliphatic heterocycles. The third-order valence-corrected chi connectivity index (χ3v) is 4.88. The van der Waals surface area contributed by atoms with Crippen LogP contribution in [0.25, 0.3) is 0 Å². The fourth-order valence-electron chi connectivity index (χ4n) is 3.34. The molecule has 0 aromatic heterocycles. The fourth-order valence-corrected chi connectivity index (χ4v) is 3.34. The van der Waals surface area contributed by atoms with E-state index >= 15 is 0 Å². The predicted molar refractivity (Wildman–Crippen MR) is 112 cm³/mol. The number of nitrogens with one attached hydrogen (secondary N) is 1. The van der Waals surface area contributed by atoms with Crippen LogP contribution in [0, 0.1) is 19.8 Å². The predicted octanol–water partition coefficient (Wildman–Crippen LogP) is 3.86. The molecule has 1 saturated heterocycles. The number of carbonyl (C=O) groups is 3. The van der Waals surface area contributed by atoms with Crippen molar-refractivity contribution in [2.75, 3.05) is 16.8 Å². The number of carbonyl (C=O) groups excluding carboxylic acids is 3. The quantitative estimate of drug-likeness (QED) is 0.782. The molecule has 0 aliphatic carbocycles. The molecule has 0 saturated carbocycles. The Morgan fingerprint density at radius 3 is 2.45 bits per heavy atom. The van der Waals surface area contributed by atoms with Gasteiger partial charge in [0.1, 0.15) is 0 Å². The molecule has 2 amide bonds. The van der Waals surface area contributed by atoms with Crippen molar-refractivity contribution in [3.8, 4) is 0 Å². The topological polar surface area (TPSA) is 75.7 Å². The minimum Gasteiger partial charge on any atom is -0.459 e. The first-order valence-electron chi connectivity index (χ1n) is 9.74. The summed E-state index contributed by atoms with van der Waals surface area (Å²) >= 11 is 0. The minimum absolute atomic E-state index is 0.0503. The maximum absolute atomic E-state index is 12.7. The third-order valence-electron chi connectivity index (χ3n) is 4.88. The van der Waals surface area contributed by atoms with Crippen molar-refractivity contribution in [2.24, 2.45) is 5.92 Å². The highest BCUT2D eigenvalue weighted by Crippen LogP contribution is 2.29. The van der Waals surface area contributed by atoms with E-state index in [1.54, 1.807) is 43.0 Å². The van der Waals surface area contributed by atoms with Crippen LogP contribution in [-0.2, 0) is 14.3 Å². The Balaban J connectivity index is 1.65. The lowest BCUT2D eigenvalue weighted by Crippen LogP contribution is -2.28. The lowest BCUT2D eigenvalue weighted by Gasteiger charge is -2.19. The van der Waals surface area contributed by atoms with Crippen LogP contribution in [0.5, 0.6) is 0 Å². The van der Waals surface area contributed by atoms with Gasteiger partial charge in [-0.05, 0) is 69.2 Å². The summed E-state index contributed by atoms with van der Waals surface area (Å²) in [7, 11) is 0. The molecule has 1 aliphatic rings. The molecule has 6 heteroatoms. The first-order chi connectivity index (χ1) is 13.7. The van der Waals surface area contributed by atoms with Crippen molar-refractivity contribution in [2.45, 2.75) is 40.2 Å². The first kappa shape index (κ1) is 20.6. The second kappa shape index (κ2) is 8.47. The van der Waals surface area contributed by atoms with Gasteiger partial charge >= 0.3 is 5.97 Å². The number of esters is 1. The molecule has 1 fully saturated rings. The van der Waals surface area contributed by atoms with Gasteiger partial charge in [0.25, 0.3) is 0 Å². The largest absolute Gasteiger partial charge is 0.459 e. The number of benzene rings is 2. The Hall–Kier alpha value is -3.15. The summed E-state index contributed by atoms with van der Waals surface area (Å²) in [6.07, 6.45) is -0.0142. The molecule has 1 heterocycles. The Labute approximate surface area is 170 Å². The van der Waals surface area contributed by atoms with Crippen LogP contribution in [0.3, 0.4) is 0 Å². The maximum atomic E-state index is 12.7. The molecule has 3 rings (SSSR count). The van der Waals surface area contributed by atoms with E-state index in [9.17, 15) is 14.4 Å². The SMILES string of the molecule is Cc1ccc(C)c(N2C[C@@H](C(=O)Nc3ccc(C(=O)OC(C)C)cc3)CC2=O)c1. The molecule has 2 aromatic rings. The highest BCUT2D eigenvalue weighted by molar-refractivity contribution is 6.04. The average molecular weight is 394 g/mol. The highest BCUT2D eigenvalue weighted by Gasteiger charge is 2.35. The van der Waals surface area contributed by atoms with Crippen molar-refractivity contribution in [3.05, 3.63) is 59.2 Å². The molecule has 6 nitrogen and oxygen atoms in total. The summed E-state index contributed by atoms with van der Waals surface area (Å²) in [4.78, 5) is 38.8. The zero-order valence-corrected chi connectivity index (χ0v) is 17.2. The molecule has 0 unspecified atom stereocenters. The van der Waals surface area contributed by atoms with E-state index in [1.807, 2.05) is 32.0 Å². The van der Waals surface area contributed by atoms with E-state index in [-0.39, 0.29) is 24.3 Å². The molecular weight excluding hydrogens is 368 g/mol. The number of anilines is 2. The van der Waals surface area contributed by atoms with E-state index in [0.717, 1.165) is 16.8 Å². The molecule has 2 aromatic carbocycles. The van der Waals surface area contributed by atoms with Crippen molar-refractivity contribution in [1.29, 1.82) is 0 Å². The summed E-state index contributed by atoms with van der Waals surface area (Å²) < 4.78 is 5.15. The van der Waals surface area contributed by atoms with Gasteiger partial charge in [0, 0.05) is 24.3 Å². The minimum atomic E-state index is -0.423. The van der Waals surface area contributed by atoms with Crippen LogP contribution in [0.15, 0.2) is 42.5 Å². The number of nitrogens with zero attached hydrogens (tertiary/aromatic N) is 1. The number of hydrogen-bond acceptors (Lipinski definition) is 4. The van der Waals surface area contributed by atoms with E-state index < -0.39 is 11.9 Å². The smallest absolute Gasteiger partial charge is 0.338 e. The summed E-state index contributed by atoms with van der Waals surface area (Å²) in [6, 6.07) is 12.5. The van der Waals surface area contributed by atoms with Crippen molar-refractivity contribution in [3.63, 3.8) is 0 Å². The van der Waals surface area contributed by atoms with Gasteiger partial charge in [-0.15, -0.1) is 0 Å². The van der Waals surface area contributed by atoms with E-state index in [1.165, 1.54) is 0 Å². The van der Waals surface area contributed by atoms with Crippen LogP contribution >= 0.6 is 0 Å². The first-order valence-corrected chi connectivity index (χ1v) is 9.74. The number of rotatable bonds is 5. The van der Waals surface area contributed by atoms with Gasteiger partial charge in [-0.1, -0.05) is 12.1 Å². The van der Waals surface area contributed by atoms with Crippen molar-refractivity contribution >= 4 is 29.2 Å². The Morgan fingerprint density at radius 1 is 1.10 bits per heavy atom. The number of hydrogen-bond donors (Lipinski definition) is 1. The summed E-state index contributed by atoms with van der Waals surface area (Å²) in [5.41, 5.74) is 3.94. The normalized spacial score (nSPS) is 16.2. The second-order valence-corrected chi connectivity index (χ2v) is 7.72. The van der Waals surface area contributed by atoms with Crippen molar-refractivity contribution < 1.29 is 19.1 Å². The monoisotopic (exact) mass is 394 g/mol. The van der Waals surface area contributed by atoms with Gasteiger partial charge in [0.2, 0.25) is 11.8 Å². The number of aryl methyl sites for hydroxylation is 2. The van der Waals surface area contributed by atoms with Gasteiger partial charge in [0.05, 0.1) is 17.6 Å². The van der Waals surface area contributed by atoms with Gasteiger partial charge in [0.15, 0.2) is 0 Å². The standard InChI is InChI=1S/C23H26N2O4/c1-14(2)29-23(28)17-7-9-19(10-8-17)24-22(27)18-12-21(26)25(13-18)20-11-15(3)5-6-16(20)4/h5-11,14,18H,12-13H2,1-4H3,(H,24,27)/t18-/m0/s1. The average Bonchev–Trinajstić information content (AvgIpc) is 3.05. The second-order valence-electron chi connectivity index (χ2n) is 7.72. The fraction of sp³-hybridized carbons (Fsp3) is 0.348. The Bertz CT molecular complexity index is 934. The third kappa shape index (κ3) is 4.83. The molecule has 0 radical (unpaired) electrons. The summed E-state index contributed by atoms with van der Waals surface area (Å²) in [5, 5.41) is 2.84. The van der Waals surface area contributed by atoms with Gasteiger partial charge in [-0.2, -0.15) is 0 Å². The van der Waals surface area contributed by atoms with E-state index in [4.69, 9.17) is 4.74 Å². The zero-order chi connectivity index (χ0) is 21.1. The maximum Gasteiger partial charge on any atom is 0.338 e. The van der Waals surface area contributed by atoms with Gasteiger partial charge < -0.3 is 15.0 Å². The van der Waals surface area contributed by atoms with Crippen LogP contribution in [0.4, 0.5) is 11.4 Å². The van der Waals surface area contributed by atoms with E-state index in [0.29, 0.717) is 17.8 Å². The van der Waals surface area contributed by atoms with Crippen LogP contribution in [0.1, 0.15) is 41.8 Å². The Morgan fingerprint density at radius 2 is 1.79 bits per heavy atom. The molecule has 152 valence electrons. The zero-order valence-electron chi connectivity index (χ0n) is 17.2. The Kier molecular flexibility index (Phi) is 6.01.